The molecular formula is C15H19FN2O3S. The van der Waals surface area contributed by atoms with E-state index in [2.05, 4.69) is 0 Å². The summed E-state index contributed by atoms with van der Waals surface area (Å²) in [6.45, 7) is 0.853. The number of hydrogen-bond donors (Lipinski definition) is 0. The van der Waals surface area contributed by atoms with E-state index in [1.807, 2.05) is 6.07 Å². The summed E-state index contributed by atoms with van der Waals surface area (Å²) >= 11 is 1.47. The number of thioether (sulfide) groups is 1. The Bertz CT molecular complexity index is 555. The number of rotatable bonds is 6. The van der Waals surface area contributed by atoms with Crippen molar-refractivity contribution in [3.8, 4) is 0 Å². The van der Waals surface area contributed by atoms with E-state index in [-0.39, 0.29) is 29.6 Å². The van der Waals surface area contributed by atoms with Crippen LogP contribution in [0.25, 0.3) is 0 Å². The summed E-state index contributed by atoms with van der Waals surface area (Å²) in [5.74, 6) is -0.0718. The van der Waals surface area contributed by atoms with Gasteiger partial charge < -0.3 is 14.5 Å². The van der Waals surface area contributed by atoms with Crippen LogP contribution in [-0.2, 0) is 14.3 Å². The van der Waals surface area contributed by atoms with Crippen molar-refractivity contribution in [2.75, 3.05) is 39.6 Å². The molecule has 1 heterocycles. The Morgan fingerprint density at radius 1 is 1.55 bits per heavy atom. The van der Waals surface area contributed by atoms with E-state index in [0.29, 0.717) is 18.8 Å². The fourth-order valence-corrected chi connectivity index (χ4v) is 3.46. The summed E-state index contributed by atoms with van der Waals surface area (Å²) in [6, 6.07) is 6.28. The Balaban J connectivity index is 2.01. The van der Waals surface area contributed by atoms with E-state index >= 15 is 0 Å². The molecular weight excluding hydrogens is 307 g/mol. The maximum Gasteiger partial charge on any atom is 0.248 e. The molecule has 0 N–H and O–H groups in total. The van der Waals surface area contributed by atoms with Crippen LogP contribution in [0.3, 0.4) is 0 Å². The number of hydrogen-bond acceptors (Lipinski definition) is 4. The number of amides is 2. The van der Waals surface area contributed by atoms with Gasteiger partial charge in [0.1, 0.15) is 17.8 Å². The van der Waals surface area contributed by atoms with E-state index in [9.17, 15) is 14.0 Å². The third-order valence-electron chi connectivity index (χ3n) is 3.47. The van der Waals surface area contributed by atoms with Crippen molar-refractivity contribution in [2.24, 2.45) is 0 Å². The van der Waals surface area contributed by atoms with Gasteiger partial charge in [-0.3, -0.25) is 9.59 Å². The van der Waals surface area contributed by atoms with Crippen LogP contribution in [0.1, 0.15) is 10.9 Å². The molecule has 0 aromatic heterocycles. The molecule has 0 unspecified atom stereocenters. The molecule has 1 fully saturated rings. The van der Waals surface area contributed by atoms with Crippen molar-refractivity contribution in [1.82, 2.24) is 9.80 Å². The molecule has 0 spiro atoms. The Morgan fingerprint density at radius 3 is 3.00 bits per heavy atom. The minimum atomic E-state index is -0.315. The number of methoxy groups -OCH3 is 1. The van der Waals surface area contributed by atoms with Gasteiger partial charge in [-0.25, -0.2) is 4.39 Å². The van der Waals surface area contributed by atoms with Crippen LogP contribution in [0.2, 0.25) is 0 Å². The molecule has 5 nitrogen and oxygen atoms in total. The fourth-order valence-electron chi connectivity index (χ4n) is 2.25. The lowest BCUT2D eigenvalue weighted by Crippen LogP contribution is -2.39. The molecule has 1 atom stereocenters. The largest absolute Gasteiger partial charge is 0.375 e. The number of nitrogens with zero attached hydrogens (tertiary/aromatic N) is 2. The highest BCUT2D eigenvalue weighted by molar-refractivity contribution is 8.00. The van der Waals surface area contributed by atoms with Crippen molar-refractivity contribution in [1.29, 1.82) is 0 Å². The summed E-state index contributed by atoms with van der Waals surface area (Å²) in [6.07, 6.45) is 0. The van der Waals surface area contributed by atoms with Crippen molar-refractivity contribution in [3.05, 3.63) is 35.6 Å². The standard InChI is InChI=1S/C15H19FN2O3S/c1-17(13(19)9-21-2)6-7-18-14(20)10-22-15(18)11-4-3-5-12(16)8-11/h3-5,8,15H,6-7,9-10H2,1-2H3/t15-/m0/s1. The first-order valence-corrected chi connectivity index (χ1v) is 7.97. The molecule has 2 amide bonds. The molecule has 7 heteroatoms. The highest BCUT2D eigenvalue weighted by atomic mass is 32.2. The molecule has 1 saturated heterocycles. The lowest BCUT2D eigenvalue weighted by atomic mass is 10.2. The number of benzene rings is 1. The maximum atomic E-state index is 13.4. The molecule has 0 aliphatic carbocycles. The monoisotopic (exact) mass is 326 g/mol. The first-order valence-electron chi connectivity index (χ1n) is 6.92. The maximum absolute atomic E-state index is 13.4. The van der Waals surface area contributed by atoms with Gasteiger partial charge in [0, 0.05) is 27.2 Å². The number of carbonyl (C=O) groups excluding carboxylic acids is 2. The third kappa shape index (κ3) is 3.98. The normalized spacial score (nSPS) is 17.9. The van der Waals surface area contributed by atoms with Crippen molar-refractivity contribution in [2.45, 2.75) is 5.37 Å². The van der Waals surface area contributed by atoms with Gasteiger partial charge >= 0.3 is 0 Å². The number of carbonyl (C=O) groups is 2. The molecule has 1 aromatic carbocycles. The summed E-state index contributed by atoms with van der Waals surface area (Å²) in [7, 11) is 3.14. The molecule has 120 valence electrons. The van der Waals surface area contributed by atoms with E-state index in [4.69, 9.17) is 4.74 Å². The average molecular weight is 326 g/mol. The minimum Gasteiger partial charge on any atom is -0.375 e. The van der Waals surface area contributed by atoms with Crippen molar-refractivity contribution >= 4 is 23.6 Å². The van der Waals surface area contributed by atoms with Crippen molar-refractivity contribution < 1.29 is 18.7 Å². The van der Waals surface area contributed by atoms with Crippen LogP contribution < -0.4 is 0 Å². The van der Waals surface area contributed by atoms with Gasteiger partial charge in [0.2, 0.25) is 11.8 Å². The van der Waals surface area contributed by atoms with E-state index in [1.165, 1.54) is 35.9 Å². The van der Waals surface area contributed by atoms with Gasteiger partial charge in [-0.2, -0.15) is 0 Å². The van der Waals surface area contributed by atoms with Crippen LogP contribution in [0.15, 0.2) is 24.3 Å². The topological polar surface area (TPSA) is 49.9 Å². The fraction of sp³-hybridized carbons (Fsp3) is 0.467. The van der Waals surface area contributed by atoms with Gasteiger partial charge in [-0.15, -0.1) is 11.8 Å². The van der Waals surface area contributed by atoms with Crippen LogP contribution in [0, 0.1) is 5.82 Å². The second-order valence-corrected chi connectivity index (χ2v) is 6.12. The predicted molar refractivity (Wildman–Crippen MR) is 82.8 cm³/mol. The quantitative estimate of drug-likeness (QED) is 0.795. The molecule has 0 radical (unpaired) electrons. The smallest absolute Gasteiger partial charge is 0.248 e. The molecule has 1 aliphatic heterocycles. The Kier molecular flexibility index (Phi) is 5.79. The highest BCUT2D eigenvalue weighted by Gasteiger charge is 2.32. The third-order valence-corrected chi connectivity index (χ3v) is 4.73. The van der Waals surface area contributed by atoms with Gasteiger partial charge in [-0.1, -0.05) is 12.1 Å². The second kappa shape index (κ2) is 7.60. The zero-order valence-electron chi connectivity index (χ0n) is 12.6. The lowest BCUT2D eigenvalue weighted by Gasteiger charge is -2.27. The molecule has 1 aliphatic rings. The van der Waals surface area contributed by atoms with Gasteiger partial charge in [0.25, 0.3) is 0 Å². The molecule has 2 rings (SSSR count). The summed E-state index contributed by atoms with van der Waals surface area (Å²) in [5, 5.41) is -0.200. The summed E-state index contributed by atoms with van der Waals surface area (Å²) in [4.78, 5) is 26.9. The zero-order valence-corrected chi connectivity index (χ0v) is 13.4. The minimum absolute atomic E-state index is 0.00634. The SMILES string of the molecule is COCC(=O)N(C)CCN1C(=O)CS[C@H]1c1cccc(F)c1. The Hall–Kier alpha value is -1.60. The summed E-state index contributed by atoms with van der Waals surface area (Å²) in [5.41, 5.74) is 0.765. The van der Waals surface area contributed by atoms with Gasteiger partial charge in [0.05, 0.1) is 5.75 Å². The number of ether oxygens (including phenoxy) is 1. The molecule has 0 saturated carbocycles. The van der Waals surface area contributed by atoms with E-state index < -0.39 is 0 Å². The molecule has 0 bridgehead atoms. The van der Waals surface area contributed by atoms with Gasteiger partial charge in [0.15, 0.2) is 0 Å². The van der Waals surface area contributed by atoms with Crippen molar-refractivity contribution in [3.63, 3.8) is 0 Å². The van der Waals surface area contributed by atoms with Gasteiger partial charge in [-0.05, 0) is 17.7 Å². The lowest BCUT2D eigenvalue weighted by molar-refractivity contribution is -0.135. The number of halogens is 1. The molecule has 1 aromatic rings. The first-order chi connectivity index (χ1) is 10.5. The highest BCUT2D eigenvalue weighted by Crippen LogP contribution is 2.38. The second-order valence-electron chi connectivity index (χ2n) is 5.05. The van der Waals surface area contributed by atoms with Crippen LogP contribution in [-0.4, -0.2) is 61.2 Å². The Morgan fingerprint density at radius 2 is 2.32 bits per heavy atom. The zero-order chi connectivity index (χ0) is 16.1. The average Bonchev–Trinajstić information content (AvgIpc) is 2.86. The predicted octanol–water partition coefficient (Wildman–Crippen LogP) is 1.50. The van der Waals surface area contributed by atoms with E-state index in [1.54, 1.807) is 18.0 Å². The van der Waals surface area contributed by atoms with Crippen LogP contribution in [0.4, 0.5) is 4.39 Å². The van der Waals surface area contributed by atoms with Crippen LogP contribution in [0.5, 0.6) is 0 Å². The first kappa shape index (κ1) is 16.8. The Labute approximate surface area is 133 Å². The number of likely N-dealkylation sites (N-methyl/N-ethyl adjacent to an activating group) is 1. The van der Waals surface area contributed by atoms with Crippen LogP contribution >= 0.6 is 11.8 Å². The summed E-state index contributed by atoms with van der Waals surface area (Å²) < 4.78 is 18.2. The molecule has 22 heavy (non-hydrogen) atoms. The van der Waals surface area contributed by atoms with E-state index in [0.717, 1.165) is 5.56 Å².